The molecule has 1 aliphatic carbocycles. The average molecular weight is 266 g/mol. The lowest BCUT2D eigenvalue weighted by molar-refractivity contribution is -0.117. The molecule has 98 valence electrons. The molecule has 0 spiro atoms. The first-order valence-corrected chi connectivity index (χ1v) is 7.81. The molecule has 0 unspecified atom stereocenters. The predicted octanol–water partition coefficient (Wildman–Crippen LogP) is 2.46. The first-order chi connectivity index (χ1) is 8.44. The Morgan fingerprint density at radius 2 is 1.78 bits per heavy atom. The number of sulfone groups is 1. The molecule has 1 fully saturated rings. The Balaban J connectivity index is 2.43. The van der Waals surface area contributed by atoms with E-state index in [2.05, 4.69) is 0 Å². The highest BCUT2D eigenvalue weighted by molar-refractivity contribution is 7.92. The second kappa shape index (κ2) is 4.84. The van der Waals surface area contributed by atoms with Crippen LogP contribution in [0.2, 0.25) is 0 Å². The zero-order valence-electron chi connectivity index (χ0n) is 10.7. The van der Waals surface area contributed by atoms with Crippen LogP contribution in [0.5, 0.6) is 0 Å². The van der Waals surface area contributed by atoms with E-state index in [9.17, 15) is 13.2 Å². The van der Waals surface area contributed by atoms with Crippen LogP contribution < -0.4 is 0 Å². The summed E-state index contributed by atoms with van der Waals surface area (Å²) in [7, 11) is -3.53. The second-order valence-electron chi connectivity index (χ2n) is 5.19. The minimum Gasteiger partial charge on any atom is -0.298 e. The molecule has 0 N–H and O–H groups in total. The molecule has 1 aromatic rings. The zero-order chi connectivity index (χ0) is 13.3. The normalized spacial score (nSPS) is 24.7. The van der Waals surface area contributed by atoms with Crippen molar-refractivity contribution in [1.29, 1.82) is 0 Å². The highest BCUT2D eigenvalue weighted by Crippen LogP contribution is 2.36. The van der Waals surface area contributed by atoms with Gasteiger partial charge in [-0.25, -0.2) is 8.42 Å². The van der Waals surface area contributed by atoms with E-state index in [-0.39, 0.29) is 22.5 Å². The van der Waals surface area contributed by atoms with E-state index in [1.54, 1.807) is 30.3 Å². The molecule has 2 atom stereocenters. The molecule has 0 aliphatic heterocycles. The van der Waals surface area contributed by atoms with E-state index in [4.69, 9.17) is 0 Å². The number of carbonyl (C=O) groups is 1. The zero-order valence-corrected chi connectivity index (χ0v) is 11.5. The molecule has 1 aromatic carbocycles. The standard InChI is InChI=1S/C14H18O3S/c1-10(2)12-8-9-13(15)14(12)18(16,17)11-6-4-3-5-7-11/h3-7,10,12,14H,8-9H2,1-2H3/t12-,14-/m0/s1. The fourth-order valence-corrected chi connectivity index (χ4v) is 4.89. The van der Waals surface area contributed by atoms with Gasteiger partial charge in [-0.15, -0.1) is 0 Å². The summed E-state index contributed by atoms with van der Waals surface area (Å²) in [5.41, 5.74) is 0. The third-order valence-electron chi connectivity index (χ3n) is 3.69. The second-order valence-corrected chi connectivity index (χ2v) is 7.26. The average Bonchev–Trinajstić information content (AvgIpc) is 2.73. The number of rotatable bonds is 3. The highest BCUT2D eigenvalue weighted by atomic mass is 32.2. The van der Waals surface area contributed by atoms with Crippen molar-refractivity contribution < 1.29 is 13.2 Å². The lowest BCUT2D eigenvalue weighted by atomic mass is 9.94. The summed E-state index contributed by atoms with van der Waals surface area (Å²) in [6.45, 7) is 3.97. The van der Waals surface area contributed by atoms with Crippen molar-refractivity contribution in [3.63, 3.8) is 0 Å². The third-order valence-corrected chi connectivity index (χ3v) is 5.90. The van der Waals surface area contributed by atoms with Gasteiger partial charge in [0, 0.05) is 6.42 Å². The van der Waals surface area contributed by atoms with E-state index in [1.807, 2.05) is 13.8 Å². The molecule has 0 saturated heterocycles. The fourth-order valence-electron chi connectivity index (χ4n) is 2.68. The van der Waals surface area contributed by atoms with Crippen molar-refractivity contribution in [2.45, 2.75) is 36.8 Å². The number of benzene rings is 1. The Kier molecular flexibility index (Phi) is 3.57. The largest absolute Gasteiger partial charge is 0.298 e. The molecule has 2 rings (SSSR count). The van der Waals surface area contributed by atoms with Crippen LogP contribution in [0.3, 0.4) is 0 Å². The Hall–Kier alpha value is -1.16. The van der Waals surface area contributed by atoms with Gasteiger partial charge in [-0.1, -0.05) is 32.0 Å². The highest BCUT2D eigenvalue weighted by Gasteiger charge is 2.45. The molecule has 3 nitrogen and oxygen atoms in total. The SMILES string of the molecule is CC(C)[C@@H]1CCC(=O)[C@H]1S(=O)(=O)c1ccccc1. The summed E-state index contributed by atoms with van der Waals surface area (Å²) in [6, 6.07) is 8.29. The van der Waals surface area contributed by atoms with E-state index in [1.165, 1.54) is 0 Å². The molecule has 4 heteroatoms. The summed E-state index contributed by atoms with van der Waals surface area (Å²) in [5.74, 6) is 0.0280. The molecule has 1 aliphatic rings. The Morgan fingerprint density at radius 1 is 1.17 bits per heavy atom. The van der Waals surface area contributed by atoms with Gasteiger partial charge in [0.15, 0.2) is 15.6 Å². The maximum atomic E-state index is 12.5. The van der Waals surface area contributed by atoms with Crippen LogP contribution >= 0.6 is 0 Å². The van der Waals surface area contributed by atoms with Gasteiger partial charge < -0.3 is 0 Å². The Labute approximate surface area is 108 Å². The Bertz CT molecular complexity index is 531. The lowest BCUT2D eigenvalue weighted by Gasteiger charge is -2.22. The fraction of sp³-hybridized carbons (Fsp3) is 0.500. The van der Waals surface area contributed by atoms with Crippen molar-refractivity contribution in [3.8, 4) is 0 Å². The molecule has 0 bridgehead atoms. The number of carbonyl (C=O) groups excluding carboxylic acids is 1. The van der Waals surface area contributed by atoms with Gasteiger partial charge in [-0.3, -0.25) is 4.79 Å². The van der Waals surface area contributed by atoms with E-state index in [0.29, 0.717) is 12.8 Å². The minimum absolute atomic E-state index is 0.0530. The number of hydrogen-bond acceptors (Lipinski definition) is 3. The molecule has 0 radical (unpaired) electrons. The van der Waals surface area contributed by atoms with Crippen LogP contribution in [0.4, 0.5) is 0 Å². The monoisotopic (exact) mass is 266 g/mol. The summed E-state index contributed by atoms with van der Waals surface area (Å²) >= 11 is 0. The quantitative estimate of drug-likeness (QED) is 0.844. The predicted molar refractivity (Wildman–Crippen MR) is 70.0 cm³/mol. The maximum absolute atomic E-state index is 12.5. The van der Waals surface area contributed by atoms with E-state index < -0.39 is 15.1 Å². The van der Waals surface area contributed by atoms with Gasteiger partial charge in [0.05, 0.1) is 4.90 Å². The summed E-state index contributed by atoms with van der Waals surface area (Å²) in [6.07, 6.45) is 1.08. The molecule has 0 aromatic heterocycles. The van der Waals surface area contributed by atoms with Gasteiger partial charge in [0.25, 0.3) is 0 Å². The lowest BCUT2D eigenvalue weighted by Crippen LogP contribution is -2.33. The van der Waals surface area contributed by atoms with Crippen LogP contribution in [0, 0.1) is 11.8 Å². The van der Waals surface area contributed by atoms with Crippen LogP contribution in [-0.4, -0.2) is 19.5 Å². The van der Waals surface area contributed by atoms with Gasteiger partial charge in [-0.05, 0) is 30.4 Å². The van der Waals surface area contributed by atoms with Gasteiger partial charge in [-0.2, -0.15) is 0 Å². The first kappa shape index (κ1) is 13.3. The summed E-state index contributed by atoms with van der Waals surface area (Å²) in [4.78, 5) is 12.2. The number of hydrogen-bond donors (Lipinski definition) is 0. The number of ketones is 1. The van der Waals surface area contributed by atoms with E-state index >= 15 is 0 Å². The van der Waals surface area contributed by atoms with E-state index in [0.717, 1.165) is 0 Å². The molecular formula is C14H18O3S. The smallest absolute Gasteiger partial charge is 0.188 e. The van der Waals surface area contributed by atoms with Crippen molar-refractivity contribution in [1.82, 2.24) is 0 Å². The summed E-state index contributed by atoms with van der Waals surface area (Å²) < 4.78 is 25.1. The van der Waals surface area contributed by atoms with Gasteiger partial charge in [0.2, 0.25) is 0 Å². The molecule has 18 heavy (non-hydrogen) atoms. The number of Topliss-reactive ketones (excluding diaryl/α,β-unsaturated/α-hetero) is 1. The van der Waals surface area contributed by atoms with Crippen LogP contribution in [0.1, 0.15) is 26.7 Å². The molecule has 0 heterocycles. The summed E-state index contributed by atoms with van der Waals surface area (Å²) in [5, 5.41) is -0.847. The van der Waals surface area contributed by atoms with Gasteiger partial charge in [0.1, 0.15) is 5.25 Å². The first-order valence-electron chi connectivity index (χ1n) is 6.26. The van der Waals surface area contributed by atoms with Crippen molar-refractivity contribution >= 4 is 15.6 Å². The van der Waals surface area contributed by atoms with Crippen LogP contribution in [-0.2, 0) is 14.6 Å². The molecule has 1 saturated carbocycles. The van der Waals surface area contributed by atoms with Crippen LogP contribution in [0.25, 0.3) is 0 Å². The topological polar surface area (TPSA) is 51.2 Å². The maximum Gasteiger partial charge on any atom is 0.188 e. The Morgan fingerprint density at radius 3 is 2.33 bits per heavy atom. The molecule has 0 amide bonds. The van der Waals surface area contributed by atoms with Crippen molar-refractivity contribution in [2.24, 2.45) is 11.8 Å². The molecular weight excluding hydrogens is 248 g/mol. The van der Waals surface area contributed by atoms with Crippen molar-refractivity contribution in [2.75, 3.05) is 0 Å². The van der Waals surface area contributed by atoms with Crippen LogP contribution in [0.15, 0.2) is 35.2 Å². The third kappa shape index (κ3) is 2.21. The van der Waals surface area contributed by atoms with Crippen molar-refractivity contribution in [3.05, 3.63) is 30.3 Å². The minimum atomic E-state index is -3.53. The van der Waals surface area contributed by atoms with Gasteiger partial charge >= 0.3 is 0 Å².